The minimum atomic E-state index is -0.843. The third-order valence-electron chi connectivity index (χ3n) is 10.4. The second-order valence-corrected chi connectivity index (χ2v) is 13.8. The minimum absolute atomic E-state index is 0.0426. The molecule has 4 aliphatic rings. The Morgan fingerprint density at radius 3 is 2.89 bits per heavy atom. The fraction of sp³-hybridized carbons (Fsp3) is 0.472. The van der Waals surface area contributed by atoms with E-state index in [2.05, 4.69) is 52.9 Å². The van der Waals surface area contributed by atoms with Crippen LogP contribution in [0.15, 0.2) is 49.1 Å². The van der Waals surface area contributed by atoms with Crippen molar-refractivity contribution in [1.29, 1.82) is 5.26 Å². The maximum absolute atomic E-state index is 14.5. The van der Waals surface area contributed by atoms with Gasteiger partial charge in [-0.25, -0.2) is 8.97 Å². The predicted octanol–water partition coefficient (Wildman–Crippen LogP) is 5.46. The predicted molar refractivity (Wildman–Crippen MR) is 180 cm³/mol. The summed E-state index contributed by atoms with van der Waals surface area (Å²) in [5.74, 6) is 0.651. The van der Waals surface area contributed by atoms with Crippen molar-refractivity contribution in [3.63, 3.8) is 0 Å². The summed E-state index contributed by atoms with van der Waals surface area (Å²) in [7, 11) is 1.97. The number of benzene rings is 2. The normalized spacial score (nSPS) is 25.9. The summed E-state index contributed by atoms with van der Waals surface area (Å²) in [6.07, 6.45) is 6.67. The Balaban J connectivity index is 1.22. The molecule has 11 heteroatoms. The van der Waals surface area contributed by atoms with Gasteiger partial charge in [-0.15, -0.1) is 0 Å². The van der Waals surface area contributed by atoms with E-state index in [0.29, 0.717) is 50.5 Å². The van der Waals surface area contributed by atoms with Gasteiger partial charge in [-0.3, -0.25) is 9.69 Å². The summed E-state index contributed by atoms with van der Waals surface area (Å²) in [5, 5.41) is 12.2. The summed E-state index contributed by atoms with van der Waals surface area (Å²) < 4.78 is 23.0. The second-order valence-electron chi connectivity index (χ2n) is 13.4. The Labute approximate surface area is 279 Å². The van der Waals surface area contributed by atoms with E-state index in [9.17, 15) is 14.4 Å². The molecular weight excluding hydrogens is 617 g/mol. The quantitative estimate of drug-likeness (QED) is 0.181. The van der Waals surface area contributed by atoms with E-state index < -0.39 is 6.17 Å². The maximum atomic E-state index is 14.5. The number of alkyl halides is 1. The number of carbonyl (C=O) groups excluding carboxylic acids is 1. The first-order chi connectivity index (χ1) is 22.8. The van der Waals surface area contributed by atoms with Gasteiger partial charge in [0.15, 0.2) is 0 Å². The number of likely N-dealkylation sites (tertiary alicyclic amines) is 1. The molecule has 5 heterocycles. The number of fused-ring (bicyclic) bond motifs is 3. The zero-order valence-corrected chi connectivity index (χ0v) is 27.5. The molecule has 0 saturated carbocycles. The number of nitrogens with zero attached hydrogens (tertiary/aromatic N) is 7. The Morgan fingerprint density at radius 1 is 1.26 bits per heavy atom. The molecule has 0 aliphatic carbocycles. The fourth-order valence-corrected chi connectivity index (χ4v) is 8.55. The highest BCUT2D eigenvalue weighted by Crippen LogP contribution is 2.41. The van der Waals surface area contributed by atoms with Crippen LogP contribution in [0.2, 0.25) is 5.02 Å². The lowest BCUT2D eigenvalue weighted by Gasteiger charge is -2.32. The third-order valence-corrected chi connectivity index (χ3v) is 10.7. The monoisotopic (exact) mass is 656 g/mol. The number of amides is 1. The molecule has 3 aromatic rings. The van der Waals surface area contributed by atoms with Crippen LogP contribution in [0.4, 0.5) is 15.9 Å². The number of anilines is 1. The molecule has 2 aromatic carbocycles. The first kappa shape index (κ1) is 31.5. The van der Waals surface area contributed by atoms with Crippen molar-refractivity contribution in [1.82, 2.24) is 19.8 Å². The molecule has 3 saturated heterocycles. The summed E-state index contributed by atoms with van der Waals surface area (Å²) in [4.78, 5) is 28.8. The molecule has 47 heavy (non-hydrogen) atoms. The van der Waals surface area contributed by atoms with Gasteiger partial charge >= 0.3 is 11.8 Å². The van der Waals surface area contributed by atoms with Crippen LogP contribution >= 0.6 is 11.6 Å². The summed E-state index contributed by atoms with van der Waals surface area (Å²) >= 11 is 6.72. The number of hydrogen-bond donors (Lipinski definition) is 0. The number of rotatable bonds is 8. The molecule has 0 N–H and O–H groups in total. The molecule has 1 amide bonds. The Hall–Kier alpha value is -4.07. The first-order valence-corrected chi connectivity index (χ1v) is 16.9. The highest BCUT2D eigenvalue weighted by molar-refractivity contribution is 6.36. The number of aromatic nitrogens is 2. The average molecular weight is 657 g/mol. The molecule has 3 fully saturated rings. The average Bonchev–Trinajstić information content (AvgIpc) is 3.74. The maximum Gasteiger partial charge on any atom is 0.434 e. The highest BCUT2D eigenvalue weighted by atomic mass is 35.5. The summed E-state index contributed by atoms with van der Waals surface area (Å²) in [6.45, 7) is 7.16. The van der Waals surface area contributed by atoms with Gasteiger partial charge in [-0.2, -0.15) is 10.2 Å². The molecule has 1 aromatic heterocycles. The molecular formula is C36H40ClFN7O2+. The molecule has 0 spiro atoms. The lowest BCUT2D eigenvalue weighted by atomic mass is 9.95. The molecule has 4 atom stereocenters. The van der Waals surface area contributed by atoms with Gasteiger partial charge in [0.2, 0.25) is 5.91 Å². The van der Waals surface area contributed by atoms with E-state index in [1.165, 1.54) is 6.08 Å². The lowest BCUT2D eigenvalue weighted by Crippen LogP contribution is -2.43. The second kappa shape index (κ2) is 12.9. The topological polar surface area (TPSA) is 88.6 Å². The van der Waals surface area contributed by atoms with E-state index in [1.807, 2.05) is 23.8 Å². The fourth-order valence-electron chi connectivity index (χ4n) is 8.27. The summed E-state index contributed by atoms with van der Waals surface area (Å²) in [5.41, 5.74) is 2.68. The Morgan fingerprint density at radius 2 is 2.09 bits per heavy atom. The van der Waals surface area contributed by atoms with Crippen LogP contribution in [0.25, 0.3) is 10.8 Å². The molecule has 244 valence electrons. The van der Waals surface area contributed by atoms with Crippen LogP contribution in [0.5, 0.6) is 6.01 Å². The van der Waals surface area contributed by atoms with Gasteiger partial charge in [0.25, 0.3) is 0 Å². The van der Waals surface area contributed by atoms with E-state index >= 15 is 0 Å². The van der Waals surface area contributed by atoms with Crippen LogP contribution in [0.3, 0.4) is 0 Å². The van der Waals surface area contributed by atoms with E-state index in [-0.39, 0.29) is 35.8 Å². The SMILES string of the molecule is C=CC(=O)N1CC(/C=[N+](/C)c2nc(OC[C@@]34CCCN3C[C@H](F)C4)nc3c2CCN(c2cccc4cccc(Cl)c24)C3)C[C@H]1CC#N. The molecule has 7 rings (SSSR count). The summed E-state index contributed by atoms with van der Waals surface area (Å²) in [6, 6.07) is 14.6. The third kappa shape index (κ3) is 5.96. The minimum Gasteiger partial charge on any atom is -0.443 e. The van der Waals surface area contributed by atoms with Crippen LogP contribution in [0, 0.1) is 17.2 Å². The van der Waals surface area contributed by atoms with Crippen molar-refractivity contribution >= 4 is 46.0 Å². The van der Waals surface area contributed by atoms with Crippen molar-refractivity contribution < 1.29 is 18.5 Å². The van der Waals surface area contributed by atoms with Crippen molar-refractivity contribution in [2.24, 2.45) is 5.92 Å². The highest BCUT2D eigenvalue weighted by Gasteiger charge is 2.49. The van der Waals surface area contributed by atoms with Gasteiger partial charge in [-0.05, 0) is 49.4 Å². The smallest absolute Gasteiger partial charge is 0.434 e. The molecule has 0 bridgehead atoms. The van der Waals surface area contributed by atoms with Gasteiger partial charge in [-0.1, -0.05) is 42.4 Å². The van der Waals surface area contributed by atoms with E-state index in [0.717, 1.165) is 59.5 Å². The first-order valence-electron chi connectivity index (χ1n) is 16.5. The van der Waals surface area contributed by atoms with Gasteiger partial charge in [0, 0.05) is 60.5 Å². The van der Waals surface area contributed by atoms with Crippen molar-refractivity contribution in [2.75, 3.05) is 44.7 Å². The number of ether oxygens (including phenoxy) is 1. The number of hydrogen-bond acceptors (Lipinski definition) is 7. The Kier molecular flexibility index (Phi) is 8.62. The Bertz CT molecular complexity index is 1790. The number of carbonyl (C=O) groups is 1. The van der Waals surface area contributed by atoms with E-state index in [1.54, 1.807) is 4.90 Å². The zero-order chi connectivity index (χ0) is 32.7. The lowest BCUT2D eigenvalue weighted by molar-refractivity contribution is -0.407. The van der Waals surface area contributed by atoms with Crippen molar-refractivity contribution in [2.45, 2.75) is 62.8 Å². The van der Waals surface area contributed by atoms with Crippen LogP contribution in [-0.2, 0) is 17.8 Å². The largest absolute Gasteiger partial charge is 0.443 e. The number of halogens is 2. The van der Waals surface area contributed by atoms with Crippen LogP contribution < -0.4 is 9.64 Å². The van der Waals surface area contributed by atoms with Gasteiger partial charge in [0.1, 0.15) is 12.8 Å². The molecule has 0 radical (unpaired) electrons. The molecule has 4 aliphatic heterocycles. The van der Waals surface area contributed by atoms with E-state index in [4.69, 9.17) is 26.3 Å². The molecule has 1 unspecified atom stereocenters. The van der Waals surface area contributed by atoms with Crippen molar-refractivity contribution in [3.8, 4) is 12.1 Å². The van der Waals surface area contributed by atoms with Crippen molar-refractivity contribution in [3.05, 3.63) is 65.3 Å². The van der Waals surface area contributed by atoms with Gasteiger partial charge in [0.05, 0.1) is 54.1 Å². The standard InChI is InChI=1S/C36H40ClFN7O2/c1-3-32(46)45-20-24(17-27(45)11-14-39)19-42(2)34-28-12-16-43(31-10-5-8-25-7-4-9-29(37)33(25)31)22-30(28)40-35(41-34)47-23-36-13-6-15-44(36)21-26(38)18-36/h3-5,7-10,19,24,26-27H,1,6,11-13,15-18,20-23H2,2H3/q+1/b42-19-/t24?,26-,27-,36+/m1/s1. The number of nitriles is 1. The van der Waals surface area contributed by atoms with Crippen LogP contribution in [0.1, 0.15) is 43.4 Å². The van der Waals surface area contributed by atoms with Crippen LogP contribution in [-0.4, -0.2) is 94.1 Å². The molecule has 9 nitrogen and oxygen atoms in total. The zero-order valence-electron chi connectivity index (χ0n) is 26.7. The van der Waals surface area contributed by atoms with Gasteiger partial charge < -0.3 is 14.5 Å².